The molecule has 3 aliphatic heterocycles. The maximum Gasteiger partial charge on any atom is 0.138 e. The molecule has 0 bridgehead atoms. The first-order chi connectivity index (χ1) is 13.5. The lowest BCUT2D eigenvalue weighted by atomic mass is 9.88. The van der Waals surface area contributed by atoms with E-state index in [9.17, 15) is 0 Å². The summed E-state index contributed by atoms with van der Waals surface area (Å²) in [5.41, 5.74) is 2.99. The fourth-order valence-corrected chi connectivity index (χ4v) is 4.04. The molecule has 2 aromatic rings. The van der Waals surface area contributed by atoms with Crippen molar-refractivity contribution in [1.82, 2.24) is 0 Å². The quantitative estimate of drug-likeness (QED) is 0.731. The zero-order valence-electron chi connectivity index (χ0n) is 16.4. The van der Waals surface area contributed by atoms with Gasteiger partial charge in [0, 0.05) is 35.9 Å². The Hall–Kier alpha value is -2.66. The molecule has 0 saturated carbocycles. The Kier molecular flexibility index (Phi) is 4.02. The fourth-order valence-electron chi connectivity index (χ4n) is 4.04. The van der Waals surface area contributed by atoms with Crippen LogP contribution in [0, 0.1) is 0 Å². The van der Waals surface area contributed by atoms with E-state index in [-0.39, 0.29) is 17.6 Å². The van der Waals surface area contributed by atoms with Gasteiger partial charge in [-0.05, 0) is 32.1 Å². The molecule has 2 atom stereocenters. The minimum absolute atomic E-state index is 0.0541. The van der Waals surface area contributed by atoms with Crippen LogP contribution in [-0.4, -0.2) is 32.5 Å². The maximum absolute atomic E-state index is 6.36. The lowest BCUT2D eigenvalue weighted by Gasteiger charge is -2.32. The van der Waals surface area contributed by atoms with Gasteiger partial charge >= 0.3 is 0 Å². The molecule has 3 heterocycles. The van der Waals surface area contributed by atoms with E-state index in [2.05, 4.69) is 24.3 Å². The van der Waals surface area contributed by atoms with Crippen LogP contribution in [0.3, 0.4) is 0 Å². The second-order valence-corrected chi connectivity index (χ2v) is 7.96. The van der Waals surface area contributed by atoms with E-state index in [1.165, 1.54) is 5.56 Å². The van der Waals surface area contributed by atoms with Crippen molar-refractivity contribution in [2.75, 3.05) is 26.9 Å². The van der Waals surface area contributed by atoms with Gasteiger partial charge in [0.2, 0.25) is 0 Å². The van der Waals surface area contributed by atoms with Gasteiger partial charge < -0.3 is 23.7 Å². The standard InChI is InChI=1S/C23H24O5/c1-23(2)7-6-14-10-17-20(12-19(14)28-23)26-13-18-16-5-4-15(25-9-8-24-3)11-21(16)27-22(17)18/h4-7,10-12,18,22H,8-9,13H2,1-3H3/t18-,22-/m0/s1. The van der Waals surface area contributed by atoms with Crippen LogP contribution in [0.1, 0.15) is 42.6 Å². The normalized spacial score (nSPS) is 22.7. The third-order valence-electron chi connectivity index (χ3n) is 5.46. The smallest absolute Gasteiger partial charge is 0.138 e. The summed E-state index contributed by atoms with van der Waals surface area (Å²) < 4.78 is 29.3. The van der Waals surface area contributed by atoms with Crippen molar-refractivity contribution >= 4 is 6.08 Å². The molecule has 0 N–H and O–H groups in total. The fraction of sp³-hybridized carbons (Fsp3) is 0.391. The Morgan fingerprint density at radius 1 is 1.04 bits per heavy atom. The van der Waals surface area contributed by atoms with Crippen LogP contribution in [0.2, 0.25) is 0 Å². The van der Waals surface area contributed by atoms with Crippen molar-refractivity contribution in [2.45, 2.75) is 31.5 Å². The van der Waals surface area contributed by atoms with Crippen molar-refractivity contribution in [3.8, 4) is 23.0 Å². The van der Waals surface area contributed by atoms with E-state index < -0.39 is 0 Å². The van der Waals surface area contributed by atoms with Gasteiger partial charge in [0.15, 0.2) is 0 Å². The largest absolute Gasteiger partial charge is 0.492 e. The van der Waals surface area contributed by atoms with Crippen molar-refractivity contribution < 1.29 is 23.7 Å². The highest BCUT2D eigenvalue weighted by Crippen LogP contribution is 2.53. The molecule has 0 unspecified atom stereocenters. The van der Waals surface area contributed by atoms with Crippen LogP contribution in [0.25, 0.3) is 6.08 Å². The number of methoxy groups -OCH3 is 1. The van der Waals surface area contributed by atoms with E-state index in [0.717, 1.165) is 34.1 Å². The molecule has 2 aromatic carbocycles. The molecule has 0 aromatic heterocycles. The lowest BCUT2D eigenvalue weighted by Crippen LogP contribution is -2.28. The van der Waals surface area contributed by atoms with Crippen LogP contribution in [0.5, 0.6) is 23.0 Å². The summed E-state index contributed by atoms with van der Waals surface area (Å²) in [6.07, 6.45) is 4.14. The average molecular weight is 380 g/mol. The molecule has 5 nitrogen and oxygen atoms in total. The number of fused-ring (bicyclic) bond motifs is 6. The summed E-state index contributed by atoms with van der Waals surface area (Å²) in [4.78, 5) is 0. The highest BCUT2D eigenvalue weighted by atomic mass is 16.5. The first kappa shape index (κ1) is 17.4. The molecule has 0 amide bonds. The number of rotatable bonds is 4. The summed E-state index contributed by atoms with van der Waals surface area (Å²) in [5, 5.41) is 0. The Balaban J connectivity index is 1.44. The highest BCUT2D eigenvalue weighted by molar-refractivity contribution is 5.66. The van der Waals surface area contributed by atoms with E-state index in [0.29, 0.717) is 19.8 Å². The van der Waals surface area contributed by atoms with Crippen LogP contribution in [0.15, 0.2) is 36.4 Å². The van der Waals surface area contributed by atoms with Crippen LogP contribution in [-0.2, 0) is 4.74 Å². The topological polar surface area (TPSA) is 46.2 Å². The molecule has 0 aliphatic carbocycles. The van der Waals surface area contributed by atoms with Crippen molar-refractivity contribution in [1.29, 1.82) is 0 Å². The van der Waals surface area contributed by atoms with Gasteiger partial charge in [-0.2, -0.15) is 0 Å². The summed E-state index contributed by atoms with van der Waals surface area (Å²) in [6.45, 7) is 5.76. The monoisotopic (exact) mass is 380 g/mol. The number of hydrogen-bond donors (Lipinski definition) is 0. The SMILES string of the molecule is COCCOc1ccc2c(c1)O[C@H]1c3cc4c(cc3OC[C@@H]21)OC(C)(C)C=C4. The minimum Gasteiger partial charge on any atom is -0.492 e. The third kappa shape index (κ3) is 2.90. The first-order valence-electron chi connectivity index (χ1n) is 9.65. The molecule has 0 saturated heterocycles. The molecule has 28 heavy (non-hydrogen) atoms. The predicted octanol–water partition coefficient (Wildman–Crippen LogP) is 4.51. The minimum atomic E-state index is -0.308. The zero-order chi connectivity index (χ0) is 19.3. The van der Waals surface area contributed by atoms with Gasteiger partial charge in [-0.1, -0.05) is 12.1 Å². The average Bonchev–Trinajstić information content (AvgIpc) is 3.04. The summed E-state index contributed by atoms with van der Waals surface area (Å²) in [6, 6.07) is 10.2. The predicted molar refractivity (Wildman–Crippen MR) is 106 cm³/mol. The first-order valence-corrected chi connectivity index (χ1v) is 9.65. The second-order valence-electron chi connectivity index (χ2n) is 7.96. The Morgan fingerprint density at radius 3 is 2.79 bits per heavy atom. The molecule has 0 radical (unpaired) electrons. The molecule has 146 valence electrons. The second kappa shape index (κ2) is 6.45. The van der Waals surface area contributed by atoms with Crippen LogP contribution >= 0.6 is 0 Å². The molecule has 5 rings (SSSR count). The lowest BCUT2D eigenvalue weighted by molar-refractivity contribution is 0.134. The van der Waals surface area contributed by atoms with Gasteiger partial charge in [0.1, 0.15) is 41.3 Å². The van der Waals surface area contributed by atoms with E-state index in [1.807, 2.05) is 32.0 Å². The van der Waals surface area contributed by atoms with E-state index >= 15 is 0 Å². The van der Waals surface area contributed by atoms with E-state index in [1.54, 1.807) is 7.11 Å². The van der Waals surface area contributed by atoms with Crippen molar-refractivity contribution in [3.63, 3.8) is 0 Å². The Labute approximate surface area is 164 Å². The molecular formula is C23H24O5. The molecule has 0 fully saturated rings. The van der Waals surface area contributed by atoms with Gasteiger partial charge in [0.25, 0.3) is 0 Å². The number of ether oxygens (including phenoxy) is 5. The van der Waals surface area contributed by atoms with Crippen LogP contribution in [0.4, 0.5) is 0 Å². The Morgan fingerprint density at radius 2 is 1.93 bits per heavy atom. The maximum atomic E-state index is 6.36. The summed E-state index contributed by atoms with van der Waals surface area (Å²) in [7, 11) is 1.66. The zero-order valence-corrected chi connectivity index (χ0v) is 16.4. The van der Waals surface area contributed by atoms with E-state index in [4.69, 9.17) is 23.7 Å². The van der Waals surface area contributed by atoms with Gasteiger partial charge in [-0.15, -0.1) is 0 Å². The molecule has 5 heteroatoms. The van der Waals surface area contributed by atoms with Crippen molar-refractivity contribution in [2.24, 2.45) is 0 Å². The van der Waals surface area contributed by atoms with Gasteiger partial charge in [0.05, 0.1) is 19.1 Å². The molecular weight excluding hydrogens is 356 g/mol. The van der Waals surface area contributed by atoms with Gasteiger partial charge in [-0.3, -0.25) is 0 Å². The van der Waals surface area contributed by atoms with Crippen molar-refractivity contribution in [3.05, 3.63) is 53.1 Å². The number of benzene rings is 2. The highest BCUT2D eigenvalue weighted by Gasteiger charge is 2.41. The molecule has 3 aliphatic rings. The van der Waals surface area contributed by atoms with Crippen LogP contribution < -0.4 is 18.9 Å². The number of hydrogen-bond acceptors (Lipinski definition) is 5. The Bertz CT molecular complexity index is 946. The van der Waals surface area contributed by atoms with Gasteiger partial charge in [-0.25, -0.2) is 0 Å². The molecule has 0 spiro atoms. The third-order valence-corrected chi connectivity index (χ3v) is 5.46. The summed E-state index contributed by atoms with van der Waals surface area (Å²) >= 11 is 0. The summed E-state index contributed by atoms with van der Waals surface area (Å²) in [5.74, 6) is 3.54.